The molecule has 1 aromatic rings. The highest BCUT2D eigenvalue weighted by atomic mass is 32.2. The molecule has 3 N–H and O–H groups in total. The summed E-state index contributed by atoms with van der Waals surface area (Å²) in [7, 11) is -3.77. The molecule has 0 atom stereocenters. The van der Waals surface area contributed by atoms with Crippen LogP contribution >= 0.6 is 0 Å². The van der Waals surface area contributed by atoms with Crippen molar-refractivity contribution < 1.29 is 8.42 Å². The third-order valence-electron chi connectivity index (χ3n) is 1.95. The topological polar surface area (TPSA) is 96.0 Å². The minimum Gasteiger partial charge on any atom is -0.329 e. The van der Waals surface area contributed by atoms with Gasteiger partial charge >= 0.3 is 0 Å². The van der Waals surface area contributed by atoms with Crippen LogP contribution in [0.5, 0.6) is 0 Å². The number of aryl methyl sites for hydroxylation is 1. The maximum Gasteiger partial charge on any atom is 0.218 e. The van der Waals surface area contributed by atoms with Crippen LogP contribution in [-0.4, -0.2) is 8.42 Å². The van der Waals surface area contributed by atoms with Gasteiger partial charge in [-0.3, -0.25) is 5.84 Å². The molecule has 6 heteroatoms. The highest BCUT2D eigenvalue weighted by molar-refractivity contribution is 7.95. The number of nitriles is 1. The van der Waals surface area contributed by atoms with E-state index in [0.29, 0.717) is 0 Å². The molecule has 1 rings (SSSR count). The minimum absolute atomic E-state index is 0.0705. The van der Waals surface area contributed by atoms with E-state index in [9.17, 15) is 8.42 Å². The summed E-state index contributed by atoms with van der Waals surface area (Å²) >= 11 is 0. The first-order valence-electron chi connectivity index (χ1n) is 4.40. The predicted octanol–water partition coefficient (Wildman–Crippen LogP) is 0.597. The van der Waals surface area contributed by atoms with Crippen molar-refractivity contribution in [1.82, 2.24) is 5.43 Å². The van der Waals surface area contributed by atoms with Crippen LogP contribution in [0.2, 0.25) is 0 Å². The van der Waals surface area contributed by atoms with Crippen LogP contribution in [0.25, 0.3) is 0 Å². The average Bonchev–Trinajstić information content (AvgIpc) is 2.26. The van der Waals surface area contributed by atoms with Gasteiger partial charge in [0, 0.05) is 6.20 Å². The van der Waals surface area contributed by atoms with Gasteiger partial charge in [0.1, 0.15) is 6.07 Å². The fourth-order valence-corrected chi connectivity index (χ4v) is 2.18. The lowest BCUT2D eigenvalue weighted by Crippen LogP contribution is -2.16. The van der Waals surface area contributed by atoms with Crippen LogP contribution in [0.15, 0.2) is 40.3 Å². The van der Waals surface area contributed by atoms with Crippen LogP contribution in [0.1, 0.15) is 5.56 Å². The first-order valence-corrected chi connectivity index (χ1v) is 5.89. The summed E-state index contributed by atoms with van der Waals surface area (Å²) in [6.07, 6.45) is 0.954. The smallest absolute Gasteiger partial charge is 0.218 e. The van der Waals surface area contributed by atoms with Crippen LogP contribution in [0, 0.1) is 18.3 Å². The molecule has 5 nitrogen and oxygen atoms in total. The average molecular weight is 237 g/mol. The molecule has 0 aliphatic carbocycles. The number of hydrogen-bond acceptors (Lipinski definition) is 5. The molecule has 0 spiro atoms. The van der Waals surface area contributed by atoms with E-state index >= 15 is 0 Å². The second kappa shape index (κ2) is 4.79. The maximum absolute atomic E-state index is 11.9. The SMILES string of the molecule is Cc1ccc(S(=O)(=O)/C(C#N)=C/NN)cc1. The molecule has 0 heterocycles. The van der Waals surface area contributed by atoms with Gasteiger partial charge in [-0.25, -0.2) is 8.42 Å². The zero-order valence-corrected chi connectivity index (χ0v) is 9.45. The molecule has 1 aromatic carbocycles. The fraction of sp³-hybridized carbons (Fsp3) is 0.100. The van der Waals surface area contributed by atoms with Crippen LogP contribution in [0.4, 0.5) is 0 Å². The molecule has 0 aliphatic heterocycles. The lowest BCUT2D eigenvalue weighted by atomic mass is 10.2. The number of nitrogens with one attached hydrogen (secondary N) is 1. The van der Waals surface area contributed by atoms with Crippen molar-refractivity contribution >= 4 is 9.84 Å². The van der Waals surface area contributed by atoms with Crippen molar-refractivity contribution in [2.75, 3.05) is 0 Å². The lowest BCUT2D eigenvalue weighted by Gasteiger charge is -2.02. The summed E-state index contributed by atoms with van der Waals surface area (Å²) in [6, 6.07) is 7.82. The number of hydrazine groups is 1. The second-order valence-electron chi connectivity index (χ2n) is 3.10. The van der Waals surface area contributed by atoms with Gasteiger partial charge in [-0.1, -0.05) is 17.7 Å². The molecule has 0 aromatic heterocycles. The molecule has 0 saturated carbocycles. The number of hydrogen-bond donors (Lipinski definition) is 2. The van der Waals surface area contributed by atoms with Crippen molar-refractivity contribution in [3.63, 3.8) is 0 Å². The van der Waals surface area contributed by atoms with E-state index in [-0.39, 0.29) is 4.90 Å². The molecular formula is C10H11N3O2S. The summed E-state index contributed by atoms with van der Waals surface area (Å²) in [5.41, 5.74) is 2.99. The van der Waals surface area contributed by atoms with Gasteiger partial charge in [0.15, 0.2) is 4.91 Å². The molecule has 16 heavy (non-hydrogen) atoms. The molecule has 0 unspecified atom stereocenters. The lowest BCUT2D eigenvalue weighted by molar-refractivity contribution is 0.602. The molecule has 0 radical (unpaired) electrons. The van der Waals surface area contributed by atoms with Crippen LogP contribution in [0.3, 0.4) is 0 Å². The summed E-state index contributed by atoms with van der Waals surface area (Å²) in [4.78, 5) is -0.347. The molecule has 0 saturated heterocycles. The molecule has 0 bridgehead atoms. The normalized spacial score (nSPS) is 11.9. The third-order valence-corrected chi connectivity index (χ3v) is 3.63. The summed E-state index contributed by atoms with van der Waals surface area (Å²) < 4.78 is 23.8. The van der Waals surface area contributed by atoms with Crippen molar-refractivity contribution in [1.29, 1.82) is 5.26 Å². The van der Waals surface area contributed by atoms with E-state index in [0.717, 1.165) is 11.8 Å². The Morgan fingerprint density at radius 1 is 1.44 bits per heavy atom. The van der Waals surface area contributed by atoms with Gasteiger partial charge in [-0.2, -0.15) is 5.26 Å². The largest absolute Gasteiger partial charge is 0.329 e. The van der Waals surface area contributed by atoms with Gasteiger partial charge < -0.3 is 5.43 Å². The Hall–Kier alpha value is -1.84. The minimum atomic E-state index is -3.77. The highest BCUT2D eigenvalue weighted by Crippen LogP contribution is 2.18. The van der Waals surface area contributed by atoms with Gasteiger partial charge in [-0.05, 0) is 19.1 Å². The standard InChI is InChI=1S/C10H11N3O2S/c1-8-2-4-9(5-3-8)16(14,15)10(6-11)7-13-12/h2-5,7,13H,12H2,1H3/b10-7+. The van der Waals surface area contributed by atoms with Crippen LogP contribution in [-0.2, 0) is 9.84 Å². The van der Waals surface area contributed by atoms with Gasteiger partial charge in [0.25, 0.3) is 0 Å². The number of nitrogens with zero attached hydrogens (tertiary/aromatic N) is 1. The number of sulfone groups is 1. The monoisotopic (exact) mass is 237 g/mol. The van der Waals surface area contributed by atoms with E-state index in [1.807, 2.05) is 12.3 Å². The Balaban J connectivity index is 3.27. The van der Waals surface area contributed by atoms with E-state index < -0.39 is 14.7 Å². The summed E-state index contributed by atoms with van der Waals surface area (Å²) in [5, 5.41) is 8.72. The van der Waals surface area contributed by atoms with E-state index in [4.69, 9.17) is 11.1 Å². The molecule has 0 aliphatic rings. The van der Waals surface area contributed by atoms with E-state index in [2.05, 4.69) is 0 Å². The van der Waals surface area contributed by atoms with Crippen molar-refractivity contribution in [3.8, 4) is 6.07 Å². The van der Waals surface area contributed by atoms with Gasteiger partial charge in [0.05, 0.1) is 4.90 Å². The van der Waals surface area contributed by atoms with Crippen molar-refractivity contribution in [2.45, 2.75) is 11.8 Å². The molecular weight excluding hydrogens is 226 g/mol. The van der Waals surface area contributed by atoms with Gasteiger partial charge in [0.2, 0.25) is 9.84 Å². The zero-order chi connectivity index (χ0) is 12.2. The number of nitrogens with two attached hydrogens (primary N) is 1. The Labute approximate surface area is 94.1 Å². The van der Waals surface area contributed by atoms with Crippen molar-refractivity contribution in [2.24, 2.45) is 5.84 Å². The maximum atomic E-state index is 11.9. The number of benzene rings is 1. The number of allylic oxidation sites excluding steroid dienone is 1. The van der Waals surface area contributed by atoms with E-state index in [1.165, 1.54) is 12.1 Å². The molecule has 0 fully saturated rings. The Morgan fingerprint density at radius 2 is 2.00 bits per heavy atom. The quantitative estimate of drug-likeness (QED) is 0.456. The second-order valence-corrected chi connectivity index (χ2v) is 5.02. The van der Waals surface area contributed by atoms with Gasteiger partial charge in [-0.15, -0.1) is 0 Å². The summed E-state index contributed by atoms with van der Waals surface area (Å²) in [6.45, 7) is 1.85. The Morgan fingerprint density at radius 3 is 2.44 bits per heavy atom. The van der Waals surface area contributed by atoms with E-state index in [1.54, 1.807) is 18.2 Å². The molecule has 84 valence electrons. The Kier molecular flexibility index (Phi) is 3.66. The Bertz CT molecular complexity index is 538. The fourth-order valence-electron chi connectivity index (χ4n) is 1.09. The summed E-state index contributed by atoms with van der Waals surface area (Å²) in [5.74, 6) is 4.96. The van der Waals surface area contributed by atoms with Crippen molar-refractivity contribution in [3.05, 3.63) is 40.9 Å². The predicted molar refractivity (Wildman–Crippen MR) is 59.4 cm³/mol. The number of rotatable bonds is 3. The van der Waals surface area contributed by atoms with Crippen LogP contribution < -0.4 is 11.3 Å². The zero-order valence-electron chi connectivity index (χ0n) is 8.64. The first-order chi connectivity index (χ1) is 7.52. The highest BCUT2D eigenvalue weighted by Gasteiger charge is 2.20. The third kappa shape index (κ3) is 2.39. The first kappa shape index (κ1) is 12.2. The molecule has 0 amide bonds.